The Morgan fingerprint density at radius 3 is 2.55 bits per heavy atom. The number of nitro groups is 1. The number of hydrogen-bond acceptors (Lipinski definition) is 5. The first-order valence-corrected chi connectivity index (χ1v) is 7.07. The van der Waals surface area contributed by atoms with Crippen LogP contribution in [-0.4, -0.2) is 18.3 Å². The Labute approximate surface area is 115 Å². The molecule has 2 rings (SSSR count). The van der Waals surface area contributed by atoms with Gasteiger partial charge >= 0.3 is 0 Å². The van der Waals surface area contributed by atoms with Gasteiger partial charge in [-0.15, -0.1) is 0 Å². The highest BCUT2D eigenvalue weighted by atomic mass is 32.2. The molecule has 8 heteroatoms. The van der Waals surface area contributed by atoms with Gasteiger partial charge in [-0.1, -0.05) is 6.07 Å². The standard InChI is InChI=1S/C12H11N3O4S/c1-9-8-10(15(16)17)5-6-11(9)20(18,19)14-12-4-2-3-7-13-12/h2-8H,1H3,(H,13,14). The molecule has 0 aliphatic rings. The van der Waals surface area contributed by atoms with E-state index < -0.39 is 14.9 Å². The number of aromatic nitrogens is 1. The van der Waals surface area contributed by atoms with Gasteiger partial charge in [-0.3, -0.25) is 14.8 Å². The molecule has 0 aliphatic carbocycles. The molecular formula is C12H11N3O4S. The number of nitrogens with one attached hydrogen (secondary N) is 1. The molecular weight excluding hydrogens is 282 g/mol. The summed E-state index contributed by atoms with van der Waals surface area (Å²) < 4.78 is 26.7. The normalized spacial score (nSPS) is 11.1. The predicted octanol–water partition coefficient (Wildman–Crippen LogP) is 2.10. The molecule has 0 aliphatic heterocycles. The second-order valence-corrected chi connectivity index (χ2v) is 5.68. The highest BCUT2D eigenvalue weighted by molar-refractivity contribution is 7.92. The summed E-state index contributed by atoms with van der Waals surface area (Å²) in [6.07, 6.45) is 1.46. The van der Waals surface area contributed by atoms with Gasteiger partial charge in [0.15, 0.2) is 0 Å². The highest BCUT2D eigenvalue weighted by Gasteiger charge is 2.19. The summed E-state index contributed by atoms with van der Waals surface area (Å²) in [7, 11) is -3.82. The van der Waals surface area contributed by atoms with Gasteiger partial charge in [0, 0.05) is 18.3 Å². The number of nitrogens with zero attached hydrogens (tertiary/aromatic N) is 2. The summed E-state index contributed by atoms with van der Waals surface area (Å²) in [6.45, 7) is 1.50. The average molecular weight is 293 g/mol. The summed E-state index contributed by atoms with van der Waals surface area (Å²) in [4.78, 5) is 13.9. The van der Waals surface area contributed by atoms with E-state index in [-0.39, 0.29) is 16.4 Å². The van der Waals surface area contributed by atoms with E-state index >= 15 is 0 Å². The van der Waals surface area contributed by atoms with Crippen molar-refractivity contribution in [1.82, 2.24) is 4.98 Å². The number of pyridine rings is 1. The maximum Gasteiger partial charge on any atom is 0.269 e. The van der Waals surface area contributed by atoms with Crippen LogP contribution in [0.2, 0.25) is 0 Å². The summed E-state index contributed by atoms with van der Waals surface area (Å²) in [6, 6.07) is 8.40. The third kappa shape index (κ3) is 2.91. The molecule has 1 heterocycles. The fraction of sp³-hybridized carbons (Fsp3) is 0.0833. The molecule has 0 saturated heterocycles. The average Bonchev–Trinajstić information content (AvgIpc) is 2.38. The van der Waals surface area contributed by atoms with Gasteiger partial charge in [0.25, 0.3) is 15.7 Å². The molecule has 0 spiro atoms. The Hall–Kier alpha value is -2.48. The molecule has 0 bridgehead atoms. The number of benzene rings is 1. The molecule has 0 unspecified atom stereocenters. The van der Waals surface area contributed by atoms with Crippen molar-refractivity contribution in [2.45, 2.75) is 11.8 Å². The van der Waals surface area contributed by atoms with Crippen LogP contribution in [-0.2, 0) is 10.0 Å². The Kier molecular flexibility index (Phi) is 3.66. The minimum Gasteiger partial charge on any atom is -0.263 e. The van der Waals surface area contributed by atoms with Crippen molar-refractivity contribution in [3.8, 4) is 0 Å². The van der Waals surface area contributed by atoms with Crippen LogP contribution in [0.25, 0.3) is 0 Å². The summed E-state index contributed by atoms with van der Waals surface area (Å²) in [5.74, 6) is 0.185. The smallest absolute Gasteiger partial charge is 0.263 e. The number of non-ortho nitro benzene ring substituents is 1. The number of aryl methyl sites for hydroxylation is 1. The predicted molar refractivity (Wildman–Crippen MR) is 72.9 cm³/mol. The van der Waals surface area contributed by atoms with Gasteiger partial charge in [-0.2, -0.15) is 0 Å². The molecule has 0 fully saturated rings. The minimum atomic E-state index is -3.82. The second kappa shape index (κ2) is 5.25. The van der Waals surface area contributed by atoms with E-state index in [9.17, 15) is 18.5 Å². The molecule has 0 saturated carbocycles. The van der Waals surface area contributed by atoms with Crippen molar-refractivity contribution in [3.63, 3.8) is 0 Å². The molecule has 1 aromatic carbocycles. The number of hydrogen-bond donors (Lipinski definition) is 1. The van der Waals surface area contributed by atoms with Crippen molar-refractivity contribution in [2.24, 2.45) is 0 Å². The van der Waals surface area contributed by atoms with Crippen LogP contribution in [0.5, 0.6) is 0 Å². The first-order valence-electron chi connectivity index (χ1n) is 5.59. The van der Waals surface area contributed by atoms with Crippen molar-refractivity contribution in [2.75, 3.05) is 4.72 Å². The topological polar surface area (TPSA) is 102 Å². The van der Waals surface area contributed by atoms with Crippen molar-refractivity contribution in [3.05, 3.63) is 58.3 Å². The fourth-order valence-corrected chi connectivity index (χ4v) is 2.90. The van der Waals surface area contributed by atoms with E-state index in [0.717, 1.165) is 6.07 Å². The van der Waals surface area contributed by atoms with E-state index in [0.29, 0.717) is 5.56 Å². The monoisotopic (exact) mass is 293 g/mol. The van der Waals surface area contributed by atoms with Gasteiger partial charge < -0.3 is 0 Å². The quantitative estimate of drug-likeness (QED) is 0.687. The molecule has 20 heavy (non-hydrogen) atoms. The lowest BCUT2D eigenvalue weighted by Crippen LogP contribution is -2.15. The molecule has 1 N–H and O–H groups in total. The highest BCUT2D eigenvalue weighted by Crippen LogP contribution is 2.22. The molecule has 104 valence electrons. The molecule has 0 atom stereocenters. The van der Waals surface area contributed by atoms with Crippen LogP contribution in [0.15, 0.2) is 47.5 Å². The van der Waals surface area contributed by atoms with Crippen LogP contribution >= 0.6 is 0 Å². The third-order valence-electron chi connectivity index (χ3n) is 2.56. The second-order valence-electron chi connectivity index (χ2n) is 4.03. The SMILES string of the molecule is Cc1cc([N+](=O)[O-])ccc1S(=O)(=O)Nc1ccccn1. The third-order valence-corrected chi connectivity index (χ3v) is 4.08. The van der Waals surface area contributed by atoms with E-state index in [4.69, 9.17) is 0 Å². The fourth-order valence-electron chi connectivity index (χ4n) is 1.66. The van der Waals surface area contributed by atoms with Crippen LogP contribution in [0, 0.1) is 17.0 Å². The lowest BCUT2D eigenvalue weighted by molar-refractivity contribution is -0.385. The maximum atomic E-state index is 12.2. The lowest BCUT2D eigenvalue weighted by atomic mass is 10.2. The zero-order valence-corrected chi connectivity index (χ0v) is 11.3. The Bertz CT molecular complexity index is 745. The maximum absolute atomic E-state index is 12.2. The Morgan fingerprint density at radius 1 is 1.25 bits per heavy atom. The van der Waals surface area contributed by atoms with Crippen molar-refractivity contribution < 1.29 is 13.3 Å². The minimum absolute atomic E-state index is 0.0197. The molecule has 2 aromatic rings. The van der Waals surface area contributed by atoms with Gasteiger partial charge in [-0.25, -0.2) is 13.4 Å². The van der Waals surface area contributed by atoms with E-state index in [1.165, 1.54) is 31.3 Å². The van der Waals surface area contributed by atoms with Crippen LogP contribution in [0.3, 0.4) is 0 Å². The summed E-state index contributed by atoms with van der Waals surface area (Å²) >= 11 is 0. The van der Waals surface area contributed by atoms with Gasteiger partial charge in [0.2, 0.25) is 0 Å². The Balaban J connectivity index is 2.37. The number of sulfonamides is 1. The van der Waals surface area contributed by atoms with E-state index in [1.54, 1.807) is 12.1 Å². The van der Waals surface area contributed by atoms with E-state index in [1.807, 2.05) is 0 Å². The molecule has 0 radical (unpaired) electrons. The lowest BCUT2D eigenvalue weighted by Gasteiger charge is -2.09. The van der Waals surface area contributed by atoms with Crippen molar-refractivity contribution in [1.29, 1.82) is 0 Å². The molecule has 7 nitrogen and oxygen atoms in total. The summed E-state index contributed by atoms with van der Waals surface area (Å²) in [5, 5.41) is 10.6. The van der Waals surface area contributed by atoms with Gasteiger partial charge in [-0.05, 0) is 30.7 Å². The van der Waals surface area contributed by atoms with Gasteiger partial charge in [0.05, 0.1) is 9.82 Å². The van der Waals surface area contributed by atoms with Crippen molar-refractivity contribution >= 4 is 21.5 Å². The molecule has 1 aromatic heterocycles. The zero-order valence-electron chi connectivity index (χ0n) is 10.5. The van der Waals surface area contributed by atoms with Gasteiger partial charge in [0.1, 0.15) is 5.82 Å². The Morgan fingerprint density at radius 2 is 2.00 bits per heavy atom. The van der Waals surface area contributed by atoms with Crippen LogP contribution in [0.1, 0.15) is 5.56 Å². The first kappa shape index (κ1) is 13.9. The number of rotatable bonds is 4. The molecule has 0 amide bonds. The first-order chi connectivity index (χ1) is 9.40. The number of anilines is 1. The largest absolute Gasteiger partial charge is 0.269 e. The number of nitro benzene ring substituents is 1. The van der Waals surface area contributed by atoms with Crippen LogP contribution < -0.4 is 4.72 Å². The van der Waals surface area contributed by atoms with Crippen LogP contribution in [0.4, 0.5) is 11.5 Å². The zero-order chi connectivity index (χ0) is 14.8. The van der Waals surface area contributed by atoms with E-state index in [2.05, 4.69) is 9.71 Å². The summed E-state index contributed by atoms with van der Waals surface area (Å²) in [5.41, 5.74) is 0.141.